The standard InChI is InChI=1S/C10H20N2/c1-8(11)12-7-3-2-4-10(12)9-5-6-9/h8-10H,2-7,11H2,1H3. The molecule has 2 nitrogen and oxygen atoms in total. The van der Waals surface area contributed by atoms with Crippen LogP contribution in [0.2, 0.25) is 0 Å². The predicted molar refractivity (Wildman–Crippen MR) is 50.7 cm³/mol. The second-order valence-corrected chi connectivity index (χ2v) is 4.38. The first-order valence-electron chi connectivity index (χ1n) is 5.30. The SMILES string of the molecule is CC(N)N1CCCCC1C1CC1. The fourth-order valence-corrected chi connectivity index (χ4v) is 2.47. The molecule has 2 atom stereocenters. The van der Waals surface area contributed by atoms with Crippen LogP contribution in [0.25, 0.3) is 0 Å². The third kappa shape index (κ3) is 1.64. The normalized spacial score (nSPS) is 35.0. The van der Waals surface area contributed by atoms with Gasteiger partial charge in [-0.3, -0.25) is 4.90 Å². The first-order valence-corrected chi connectivity index (χ1v) is 5.30. The van der Waals surface area contributed by atoms with Crippen LogP contribution in [0, 0.1) is 5.92 Å². The van der Waals surface area contributed by atoms with E-state index in [1.54, 1.807) is 0 Å². The molecular formula is C10H20N2. The summed E-state index contributed by atoms with van der Waals surface area (Å²) >= 11 is 0. The maximum absolute atomic E-state index is 5.95. The molecule has 1 aliphatic heterocycles. The molecule has 2 N–H and O–H groups in total. The fourth-order valence-electron chi connectivity index (χ4n) is 2.47. The summed E-state index contributed by atoms with van der Waals surface area (Å²) in [5.74, 6) is 0.997. The monoisotopic (exact) mass is 168 g/mol. The summed E-state index contributed by atoms with van der Waals surface area (Å²) in [6.07, 6.45) is 7.35. The summed E-state index contributed by atoms with van der Waals surface area (Å²) in [7, 11) is 0. The van der Waals surface area contributed by atoms with E-state index >= 15 is 0 Å². The first kappa shape index (κ1) is 8.52. The molecular weight excluding hydrogens is 148 g/mol. The van der Waals surface area contributed by atoms with E-state index in [1.807, 2.05) is 0 Å². The van der Waals surface area contributed by atoms with Gasteiger partial charge in [-0.15, -0.1) is 0 Å². The van der Waals surface area contributed by atoms with E-state index in [0.29, 0.717) is 0 Å². The van der Waals surface area contributed by atoms with E-state index in [0.717, 1.165) is 12.0 Å². The highest BCUT2D eigenvalue weighted by Crippen LogP contribution is 2.39. The lowest BCUT2D eigenvalue weighted by atomic mass is 9.98. The summed E-state index contributed by atoms with van der Waals surface area (Å²) in [6.45, 7) is 3.36. The number of nitrogens with zero attached hydrogens (tertiary/aromatic N) is 1. The van der Waals surface area contributed by atoms with Crippen molar-refractivity contribution >= 4 is 0 Å². The molecule has 0 bridgehead atoms. The van der Waals surface area contributed by atoms with Gasteiger partial charge in [-0.25, -0.2) is 0 Å². The minimum atomic E-state index is 0.274. The molecule has 1 saturated carbocycles. The van der Waals surface area contributed by atoms with Gasteiger partial charge in [0.25, 0.3) is 0 Å². The Labute approximate surface area is 75.1 Å². The highest BCUT2D eigenvalue weighted by Gasteiger charge is 2.37. The van der Waals surface area contributed by atoms with Crippen LogP contribution in [0.5, 0.6) is 0 Å². The van der Waals surface area contributed by atoms with Gasteiger partial charge >= 0.3 is 0 Å². The van der Waals surface area contributed by atoms with E-state index in [2.05, 4.69) is 11.8 Å². The van der Waals surface area contributed by atoms with Crippen LogP contribution in [-0.2, 0) is 0 Å². The number of nitrogens with two attached hydrogens (primary N) is 1. The van der Waals surface area contributed by atoms with Gasteiger partial charge < -0.3 is 5.73 Å². The Bertz CT molecular complexity index is 142. The smallest absolute Gasteiger partial charge is 0.0545 e. The second-order valence-electron chi connectivity index (χ2n) is 4.38. The number of hydrogen-bond acceptors (Lipinski definition) is 2. The van der Waals surface area contributed by atoms with Gasteiger partial charge in [-0.2, -0.15) is 0 Å². The topological polar surface area (TPSA) is 29.3 Å². The van der Waals surface area contributed by atoms with Gasteiger partial charge in [0.1, 0.15) is 0 Å². The number of likely N-dealkylation sites (tertiary alicyclic amines) is 1. The lowest BCUT2D eigenvalue weighted by molar-refractivity contribution is 0.0914. The molecule has 0 radical (unpaired) electrons. The fraction of sp³-hybridized carbons (Fsp3) is 1.00. The van der Waals surface area contributed by atoms with Crippen molar-refractivity contribution in [3.05, 3.63) is 0 Å². The molecule has 0 amide bonds. The van der Waals surface area contributed by atoms with Gasteiger partial charge in [0.2, 0.25) is 0 Å². The molecule has 2 rings (SSSR count). The summed E-state index contributed by atoms with van der Waals surface area (Å²) in [4.78, 5) is 2.52. The Morgan fingerprint density at radius 3 is 2.58 bits per heavy atom. The lowest BCUT2D eigenvalue weighted by Gasteiger charge is -2.38. The van der Waals surface area contributed by atoms with Gasteiger partial charge in [0.05, 0.1) is 6.17 Å². The van der Waals surface area contributed by atoms with E-state index in [9.17, 15) is 0 Å². The largest absolute Gasteiger partial charge is 0.316 e. The molecule has 1 heterocycles. The zero-order valence-corrected chi connectivity index (χ0v) is 8.00. The van der Waals surface area contributed by atoms with Crippen molar-refractivity contribution in [3.8, 4) is 0 Å². The minimum absolute atomic E-state index is 0.274. The predicted octanol–water partition coefficient (Wildman–Crippen LogP) is 1.56. The van der Waals surface area contributed by atoms with Gasteiger partial charge in [0, 0.05) is 6.04 Å². The Hall–Kier alpha value is -0.0800. The molecule has 12 heavy (non-hydrogen) atoms. The summed E-state index contributed by atoms with van der Waals surface area (Å²) < 4.78 is 0. The van der Waals surface area contributed by atoms with Crippen molar-refractivity contribution in [3.63, 3.8) is 0 Å². The van der Waals surface area contributed by atoms with Crippen LogP contribution in [0.1, 0.15) is 39.0 Å². The van der Waals surface area contributed by atoms with E-state index < -0.39 is 0 Å². The van der Waals surface area contributed by atoms with Gasteiger partial charge in [-0.05, 0) is 45.1 Å². The highest BCUT2D eigenvalue weighted by molar-refractivity contribution is 4.91. The average Bonchev–Trinajstić information content (AvgIpc) is 2.87. The number of rotatable bonds is 2. The Morgan fingerprint density at radius 2 is 2.00 bits per heavy atom. The molecule has 2 aliphatic rings. The van der Waals surface area contributed by atoms with Crippen LogP contribution >= 0.6 is 0 Å². The van der Waals surface area contributed by atoms with Crippen molar-refractivity contribution in [1.29, 1.82) is 0 Å². The Kier molecular flexibility index (Phi) is 2.37. The van der Waals surface area contributed by atoms with Crippen molar-refractivity contribution in [2.75, 3.05) is 6.54 Å². The van der Waals surface area contributed by atoms with Gasteiger partial charge in [-0.1, -0.05) is 6.42 Å². The summed E-state index contributed by atoms with van der Waals surface area (Å²) in [5.41, 5.74) is 5.95. The molecule has 0 aromatic rings. The van der Waals surface area contributed by atoms with Crippen LogP contribution in [0.15, 0.2) is 0 Å². The molecule has 2 unspecified atom stereocenters. The van der Waals surface area contributed by atoms with Crippen LogP contribution in [0.3, 0.4) is 0 Å². The molecule has 0 aromatic heterocycles. The summed E-state index contributed by atoms with van der Waals surface area (Å²) in [5, 5.41) is 0. The quantitative estimate of drug-likeness (QED) is 0.678. The minimum Gasteiger partial charge on any atom is -0.316 e. The Balaban J connectivity index is 1.96. The van der Waals surface area contributed by atoms with Crippen molar-refractivity contribution in [2.24, 2.45) is 11.7 Å². The zero-order chi connectivity index (χ0) is 8.55. The van der Waals surface area contributed by atoms with Crippen LogP contribution < -0.4 is 5.73 Å². The number of hydrogen-bond donors (Lipinski definition) is 1. The third-order valence-corrected chi connectivity index (χ3v) is 3.28. The molecule has 0 spiro atoms. The maximum atomic E-state index is 5.95. The Morgan fingerprint density at radius 1 is 1.25 bits per heavy atom. The van der Waals surface area contributed by atoms with E-state index in [1.165, 1.54) is 38.6 Å². The van der Waals surface area contributed by atoms with Gasteiger partial charge in [0.15, 0.2) is 0 Å². The van der Waals surface area contributed by atoms with E-state index in [4.69, 9.17) is 5.73 Å². The average molecular weight is 168 g/mol. The van der Waals surface area contributed by atoms with Crippen molar-refractivity contribution in [1.82, 2.24) is 4.90 Å². The second kappa shape index (κ2) is 3.35. The highest BCUT2D eigenvalue weighted by atomic mass is 15.2. The molecule has 2 fully saturated rings. The molecule has 0 aromatic carbocycles. The molecule has 2 heteroatoms. The third-order valence-electron chi connectivity index (χ3n) is 3.28. The maximum Gasteiger partial charge on any atom is 0.0545 e. The molecule has 1 saturated heterocycles. The molecule has 70 valence electrons. The zero-order valence-electron chi connectivity index (χ0n) is 8.00. The summed E-state index contributed by atoms with van der Waals surface area (Å²) in [6, 6.07) is 0.832. The van der Waals surface area contributed by atoms with Crippen LogP contribution in [0.4, 0.5) is 0 Å². The van der Waals surface area contributed by atoms with Crippen molar-refractivity contribution < 1.29 is 0 Å². The van der Waals surface area contributed by atoms with E-state index in [-0.39, 0.29) is 6.17 Å². The molecule has 1 aliphatic carbocycles. The number of piperidine rings is 1. The van der Waals surface area contributed by atoms with Crippen LogP contribution in [-0.4, -0.2) is 23.7 Å². The van der Waals surface area contributed by atoms with Crippen molar-refractivity contribution in [2.45, 2.75) is 51.2 Å². The first-order chi connectivity index (χ1) is 5.79. The lowest BCUT2D eigenvalue weighted by Crippen LogP contribution is -2.49.